The summed E-state index contributed by atoms with van der Waals surface area (Å²) < 4.78 is 15.0. The van der Waals surface area contributed by atoms with Crippen molar-refractivity contribution in [2.24, 2.45) is 23.7 Å². The molecule has 23 heavy (non-hydrogen) atoms. The molecule has 0 spiro atoms. The van der Waals surface area contributed by atoms with Crippen LogP contribution in [0.1, 0.15) is 6.42 Å². The monoisotopic (exact) mass is 320 g/mol. The van der Waals surface area contributed by atoms with Gasteiger partial charge >= 0.3 is 17.9 Å². The SMILES string of the molecule is C=CCOC(=O)C1C2C=CC(C2)C1C(=O)OCCOC(=O)C=C. The molecule has 0 N–H and O–H groups in total. The van der Waals surface area contributed by atoms with E-state index in [-0.39, 0.29) is 31.7 Å². The average Bonchev–Trinajstić information content (AvgIpc) is 3.17. The van der Waals surface area contributed by atoms with Crippen LogP contribution in [0.25, 0.3) is 0 Å². The fourth-order valence-electron chi connectivity index (χ4n) is 3.14. The molecule has 4 atom stereocenters. The molecule has 0 saturated heterocycles. The highest BCUT2D eigenvalue weighted by Gasteiger charge is 2.53. The summed E-state index contributed by atoms with van der Waals surface area (Å²) in [5.74, 6) is -2.50. The third-order valence-corrected chi connectivity index (χ3v) is 4.09. The largest absolute Gasteiger partial charge is 0.462 e. The second kappa shape index (κ2) is 7.76. The Morgan fingerprint density at radius 1 is 0.957 bits per heavy atom. The van der Waals surface area contributed by atoms with Gasteiger partial charge in [-0.15, -0.1) is 0 Å². The van der Waals surface area contributed by atoms with Crippen LogP contribution in [0.5, 0.6) is 0 Å². The molecule has 4 unspecified atom stereocenters. The van der Waals surface area contributed by atoms with Crippen LogP contribution in [-0.2, 0) is 28.6 Å². The van der Waals surface area contributed by atoms with Gasteiger partial charge in [-0.3, -0.25) is 9.59 Å². The summed E-state index contributed by atoms with van der Waals surface area (Å²) in [4.78, 5) is 35.4. The quantitative estimate of drug-likeness (QED) is 0.221. The Balaban J connectivity index is 1.90. The first kappa shape index (κ1) is 17.0. The fraction of sp³-hybridized carbons (Fsp3) is 0.471. The molecule has 1 saturated carbocycles. The normalized spacial score (nSPS) is 27.3. The van der Waals surface area contributed by atoms with Crippen molar-refractivity contribution in [1.29, 1.82) is 0 Å². The maximum absolute atomic E-state index is 12.3. The molecule has 0 aromatic heterocycles. The molecule has 2 bridgehead atoms. The molecule has 2 aliphatic carbocycles. The lowest BCUT2D eigenvalue weighted by Crippen LogP contribution is -2.35. The number of carbonyl (C=O) groups is 3. The van der Waals surface area contributed by atoms with E-state index in [1.165, 1.54) is 6.08 Å². The molecule has 0 heterocycles. The van der Waals surface area contributed by atoms with Crippen LogP contribution >= 0.6 is 0 Å². The van der Waals surface area contributed by atoms with Gasteiger partial charge in [-0.2, -0.15) is 0 Å². The van der Waals surface area contributed by atoms with E-state index in [0.29, 0.717) is 0 Å². The molecule has 0 aromatic carbocycles. The Morgan fingerprint density at radius 2 is 1.52 bits per heavy atom. The number of carbonyl (C=O) groups excluding carboxylic acids is 3. The average molecular weight is 320 g/mol. The lowest BCUT2D eigenvalue weighted by molar-refractivity contribution is -0.162. The van der Waals surface area contributed by atoms with E-state index >= 15 is 0 Å². The summed E-state index contributed by atoms with van der Waals surface area (Å²) in [6.45, 7) is 6.80. The van der Waals surface area contributed by atoms with E-state index in [1.807, 2.05) is 12.2 Å². The van der Waals surface area contributed by atoms with Gasteiger partial charge in [0.15, 0.2) is 0 Å². The Hall–Kier alpha value is -2.37. The molecule has 2 rings (SSSR count). The van der Waals surface area contributed by atoms with Gasteiger partial charge in [0.05, 0.1) is 11.8 Å². The summed E-state index contributed by atoms with van der Waals surface area (Å²) in [6.07, 6.45) is 7.18. The van der Waals surface area contributed by atoms with Crippen LogP contribution < -0.4 is 0 Å². The van der Waals surface area contributed by atoms with Crippen molar-refractivity contribution in [1.82, 2.24) is 0 Å². The standard InChI is InChI=1S/C17H20O6/c1-3-7-22-16(19)14-11-5-6-12(10-11)15(14)17(20)23-9-8-21-13(18)4-2/h3-6,11-12,14-15H,1-2,7-10H2. The minimum absolute atomic E-state index is 0.00783. The topological polar surface area (TPSA) is 78.9 Å². The molecular formula is C17H20O6. The highest BCUT2D eigenvalue weighted by molar-refractivity contribution is 5.84. The van der Waals surface area contributed by atoms with E-state index < -0.39 is 29.7 Å². The first-order valence-corrected chi connectivity index (χ1v) is 7.50. The van der Waals surface area contributed by atoms with Gasteiger partial charge < -0.3 is 14.2 Å². The molecule has 1 fully saturated rings. The second-order valence-corrected chi connectivity index (χ2v) is 5.46. The maximum Gasteiger partial charge on any atom is 0.330 e. The fourth-order valence-corrected chi connectivity index (χ4v) is 3.14. The van der Waals surface area contributed by atoms with Crippen molar-refractivity contribution in [3.05, 3.63) is 37.5 Å². The van der Waals surface area contributed by atoms with Gasteiger partial charge in [0.25, 0.3) is 0 Å². The van der Waals surface area contributed by atoms with Crippen molar-refractivity contribution in [2.45, 2.75) is 6.42 Å². The molecule has 0 radical (unpaired) electrons. The van der Waals surface area contributed by atoms with Crippen molar-refractivity contribution in [3.8, 4) is 0 Å². The maximum atomic E-state index is 12.3. The van der Waals surface area contributed by atoms with Gasteiger partial charge in [-0.05, 0) is 18.3 Å². The number of fused-ring (bicyclic) bond motifs is 2. The lowest BCUT2D eigenvalue weighted by atomic mass is 9.83. The molecule has 2 aliphatic rings. The number of hydrogen-bond donors (Lipinski definition) is 0. The zero-order valence-corrected chi connectivity index (χ0v) is 12.8. The Bertz CT molecular complexity index is 535. The Morgan fingerprint density at radius 3 is 2.09 bits per heavy atom. The van der Waals surface area contributed by atoms with Crippen LogP contribution in [0.4, 0.5) is 0 Å². The summed E-state index contributed by atoms with van der Waals surface area (Å²) in [5.41, 5.74) is 0. The Kier molecular flexibility index (Phi) is 5.73. The zero-order valence-electron chi connectivity index (χ0n) is 12.8. The number of ether oxygens (including phenoxy) is 3. The van der Waals surface area contributed by atoms with Gasteiger partial charge in [-0.1, -0.05) is 31.4 Å². The van der Waals surface area contributed by atoms with Gasteiger partial charge in [0, 0.05) is 6.08 Å². The highest BCUT2D eigenvalue weighted by atomic mass is 16.6. The lowest BCUT2D eigenvalue weighted by Gasteiger charge is -2.24. The molecule has 6 nitrogen and oxygen atoms in total. The number of allylic oxidation sites excluding steroid dienone is 2. The number of hydrogen-bond acceptors (Lipinski definition) is 6. The van der Waals surface area contributed by atoms with E-state index in [2.05, 4.69) is 13.2 Å². The summed E-state index contributed by atoms with van der Waals surface area (Å²) in [7, 11) is 0. The van der Waals surface area contributed by atoms with Gasteiger partial charge in [0.2, 0.25) is 0 Å². The van der Waals surface area contributed by atoms with Crippen LogP contribution in [0.3, 0.4) is 0 Å². The smallest absolute Gasteiger partial charge is 0.330 e. The van der Waals surface area contributed by atoms with Crippen LogP contribution in [0.2, 0.25) is 0 Å². The van der Waals surface area contributed by atoms with E-state index in [1.54, 1.807) is 0 Å². The first-order chi connectivity index (χ1) is 11.1. The second-order valence-electron chi connectivity index (χ2n) is 5.46. The zero-order chi connectivity index (χ0) is 16.8. The van der Waals surface area contributed by atoms with E-state index in [4.69, 9.17) is 14.2 Å². The van der Waals surface area contributed by atoms with Crippen molar-refractivity contribution in [2.75, 3.05) is 19.8 Å². The number of rotatable bonds is 8. The third-order valence-electron chi connectivity index (χ3n) is 4.09. The first-order valence-electron chi connectivity index (χ1n) is 7.50. The van der Waals surface area contributed by atoms with Crippen LogP contribution in [0, 0.1) is 23.7 Å². The predicted molar refractivity (Wildman–Crippen MR) is 81.0 cm³/mol. The molecule has 6 heteroatoms. The van der Waals surface area contributed by atoms with Crippen LogP contribution in [-0.4, -0.2) is 37.7 Å². The number of esters is 3. The third kappa shape index (κ3) is 3.88. The molecule has 0 aromatic rings. The molecular weight excluding hydrogens is 300 g/mol. The van der Waals surface area contributed by atoms with Crippen molar-refractivity contribution < 1.29 is 28.6 Å². The minimum atomic E-state index is -0.574. The van der Waals surface area contributed by atoms with Crippen molar-refractivity contribution >= 4 is 17.9 Å². The summed E-state index contributed by atoms with van der Waals surface area (Å²) in [5, 5.41) is 0. The molecule has 0 amide bonds. The van der Waals surface area contributed by atoms with Gasteiger partial charge in [-0.25, -0.2) is 4.79 Å². The summed E-state index contributed by atoms with van der Waals surface area (Å²) >= 11 is 0. The highest BCUT2D eigenvalue weighted by Crippen LogP contribution is 2.48. The molecule has 0 aliphatic heterocycles. The van der Waals surface area contributed by atoms with E-state index in [0.717, 1.165) is 12.5 Å². The van der Waals surface area contributed by atoms with E-state index in [9.17, 15) is 14.4 Å². The Labute approximate surface area is 134 Å². The van der Waals surface area contributed by atoms with Crippen LogP contribution in [0.15, 0.2) is 37.5 Å². The van der Waals surface area contributed by atoms with Crippen molar-refractivity contribution in [3.63, 3.8) is 0 Å². The summed E-state index contributed by atoms with van der Waals surface area (Å²) in [6, 6.07) is 0. The minimum Gasteiger partial charge on any atom is -0.462 e. The predicted octanol–water partition coefficient (Wildman–Crippen LogP) is 1.43. The molecule has 124 valence electrons. The van der Waals surface area contributed by atoms with Gasteiger partial charge in [0.1, 0.15) is 19.8 Å².